The van der Waals surface area contributed by atoms with Crippen molar-refractivity contribution < 1.29 is 22.7 Å². The zero-order valence-electron chi connectivity index (χ0n) is 21.1. The maximum atomic E-state index is 15.0. The Kier molecular flexibility index (Phi) is 7.38. The first-order valence-corrected chi connectivity index (χ1v) is 13.3. The highest BCUT2D eigenvalue weighted by Crippen LogP contribution is 2.37. The van der Waals surface area contributed by atoms with E-state index in [4.69, 9.17) is 16.3 Å². The molecule has 10 heteroatoms. The van der Waals surface area contributed by atoms with Crippen molar-refractivity contribution >= 4 is 23.3 Å². The number of carbonyl (C=O) groups excluding carboxylic acids is 1. The van der Waals surface area contributed by atoms with Crippen LogP contribution in [0.4, 0.5) is 19.0 Å². The minimum Gasteiger partial charge on any atom is -0.377 e. The number of halogens is 4. The molecule has 3 atom stereocenters. The molecule has 2 saturated heterocycles. The first kappa shape index (κ1) is 26.2. The van der Waals surface area contributed by atoms with E-state index in [2.05, 4.69) is 15.3 Å². The van der Waals surface area contributed by atoms with Gasteiger partial charge in [0.25, 0.3) is 6.43 Å². The summed E-state index contributed by atoms with van der Waals surface area (Å²) in [6.07, 6.45) is 2.60. The Morgan fingerprint density at radius 2 is 1.95 bits per heavy atom. The second kappa shape index (κ2) is 10.4. The van der Waals surface area contributed by atoms with E-state index in [1.165, 1.54) is 12.1 Å². The minimum absolute atomic E-state index is 0.0790. The molecule has 1 amide bonds. The van der Waals surface area contributed by atoms with E-state index in [1.54, 1.807) is 13.8 Å². The predicted molar refractivity (Wildman–Crippen MR) is 134 cm³/mol. The molecule has 0 spiro atoms. The Hall–Kier alpha value is -2.39. The van der Waals surface area contributed by atoms with Crippen molar-refractivity contribution in [3.63, 3.8) is 0 Å². The molecule has 3 aliphatic rings. The Labute approximate surface area is 219 Å². The summed E-state index contributed by atoms with van der Waals surface area (Å²) in [5, 5.41) is 3.34. The maximum Gasteiger partial charge on any atom is 0.266 e. The van der Waals surface area contributed by atoms with E-state index in [0.29, 0.717) is 38.3 Å². The Morgan fingerprint density at radius 3 is 2.65 bits per heavy atom. The Bertz CT molecular complexity index is 1160. The number of hydrogen-bond donors (Lipinski definition) is 1. The molecule has 2 aromatic rings. The van der Waals surface area contributed by atoms with E-state index in [-0.39, 0.29) is 34.8 Å². The van der Waals surface area contributed by atoms with Crippen LogP contribution >= 0.6 is 11.6 Å². The van der Waals surface area contributed by atoms with Gasteiger partial charge in [-0.3, -0.25) is 4.79 Å². The van der Waals surface area contributed by atoms with Crippen LogP contribution < -0.4 is 5.32 Å². The van der Waals surface area contributed by atoms with Gasteiger partial charge in [0.1, 0.15) is 11.6 Å². The van der Waals surface area contributed by atoms with Gasteiger partial charge in [-0.05, 0) is 69.9 Å². The van der Waals surface area contributed by atoms with Crippen molar-refractivity contribution in [2.45, 2.75) is 82.8 Å². The molecule has 1 aromatic heterocycles. The molecule has 2 aliphatic heterocycles. The van der Waals surface area contributed by atoms with Crippen LogP contribution in [0.3, 0.4) is 0 Å². The third-order valence-electron chi connectivity index (χ3n) is 8.01. The smallest absolute Gasteiger partial charge is 0.266 e. The summed E-state index contributed by atoms with van der Waals surface area (Å²) in [5.74, 6) is 0.00638. The zero-order chi connectivity index (χ0) is 26.3. The lowest BCUT2D eigenvalue weighted by Gasteiger charge is -2.35. The van der Waals surface area contributed by atoms with Crippen LogP contribution in [0.5, 0.6) is 0 Å². The number of benzene rings is 1. The predicted octanol–water partition coefficient (Wildman–Crippen LogP) is 5.83. The summed E-state index contributed by atoms with van der Waals surface area (Å²) in [7, 11) is 0. The fourth-order valence-corrected chi connectivity index (χ4v) is 6.25. The summed E-state index contributed by atoms with van der Waals surface area (Å²) in [5.41, 5.74) is 0.159. The van der Waals surface area contributed by atoms with Gasteiger partial charge in [-0.15, -0.1) is 0 Å². The number of nitrogens with one attached hydrogen (secondary N) is 1. The summed E-state index contributed by atoms with van der Waals surface area (Å²) in [4.78, 5) is 23.9. The van der Waals surface area contributed by atoms with Crippen molar-refractivity contribution in [3.05, 3.63) is 51.7 Å². The molecule has 3 unspecified atom stereocenters. The van der Waals surface area contributed by atoms with Gasteiger partial charge in [0.2, 0.25) is 11.2 Å². The molecule has 2 bridgehead atoms. The Morgan fingerprint density at radius 1 is 1.22 bits per heavy atom. The van der Waals surface area contributed by atoms with Gasteiger partial charge in [0.05, 0.1) is 42.1 Å². The van der Waals surface area contributed by atoms with E-state index < -0.39 is 23.3 Å². The largest absolute Gasteiger partial charge is 0.377 e. The first-order valence-electron chi connectivity index (χ1n) is 12.9. The van der Waals surface area contributed by atoms with Gasteiger partial charge in [0, 0.05) is 17.5 Å². The SMILES string of the molecule is CC(C)(Nc1nc(Cl)nc2c1CC(CCC(=O)N1C3CCC1COC3)CC2)c1cccc(C(F)F)c1F. The third kappa shape index (κ3) is 5.30. The van der Waals surface area contributed by atoms with Gasteiger partial charge in [-0.25, -0.2) is 23.1 Å². The van der Waals surface area contributed by atoms with Crippen LogP contribution in [-0.2, 0) is 27.9 Å². The highest BCUT2D eigenvalue weighted by Gasteiger charge is 2.40. The summed E-state index contributed by atoms with van der Waals surface area (Å²) in [6.45, 7) is 4.70. The average Bonchev–Trinajstić information content (AvgIpc) is 3.10. The number of nitrogens with zero attached hydrogens (tertiary/aromatic N) is 3. The van der Waals surface area contributed by atoms with Crippen molar-refractivity contribution in [1.82, 2.24) is 14.9 Å². The number of morpholine rings is 1. The molecule has 1 N–H and O–H groups in total. The number of carbonyl (C=O) groups is 1. The molecule has 5 rings (SSSR count). The number of ether oxygens (including phenoxy) is 1. The lowest BCUT2D eigenvalue weighted by molar-refractivity contribution is -0.141. The van der Waals surface area contributed by atoms with E-state index in [9.17, 15) is 18.0 Å². The molecule has 0 radical (unpaired) electrons. The lowest BCUT2D eigenvalue weighted by atomic mass is 9.83. The van der Waals surface area contributed by atoms with Crippen LogP contribution in [-0.4, -0.2) is 46.1 Å². The fourth-order valence-electron chi connectivity index (χ4n) is 6.06. The van der Waals surface area contributed by atoms with Crippen molar-refractivity contribution in [3.8, 4) is 0 Å². The number of fused-ring (bicyclic) bond motifs is 3. The van der Waals surface area contributed by atoms with Crippen LogP contribution in [0.2, 0.25) is 5.28 Å². The first-order chi connectivity index (χ1) is 17.6. The average molecular weight is 537 g/mol. The molecular weight excluding hydrogens is 505 g/mol. The highest BCUT2D eigenvalue weighted by molar-refractivity contribution is 6.28. The van der Waals surface area contributed by atoms with Gasteiger partial charge in [-0.2, -0.15) is 0 Å². The van der Waals surface area contributed by atoms with Crippen LogP contribution in [0.15, 0.2) is 18.2 Å². The molecular formula is C27H32ClF3N4O2. The lowest BCUT2D eigenvalue weighted by Crippen LogP contribution is -2.49. The highest BCUT2D eigenvalue weighted by atomic mass is 35.5. The fraction of sp³-hybridized carbons (Fsp3) is 0.593. The maximum absolute atomic E-state index is 15.0. The molecule has 3 heterocycles. The third-order valence-corrected chi connectivity index (χ3v) is 8.18. The standard InChI is InChI=1S/C27H32ClF3N4O2/c1-27(2,20-5-3-4-18(23(20)29)24(30)31)34-25-19-12-15(6-10-21(19)32-26(28)33-25)7-11-22(36)35-16-8-9-17(35)14-37-13-16/h3-5,15-17,24H,6-14H2,1-2H3,(H,32,33,34). The summed E-state index contributed by atoms with van der Waals surface area (Å²) >= 11 is 6.22. The summed E-state index contributed by atoms with van der Waals surface area (Å²) < 4.78 is 47.2. The van der Waals surface area contributed by atoms with E-state index in [0.717, 1.165) is 43.0 Å². The summed E-state index contributed by atoms with van der Waals surface area (Å²) in [6, 6.07) is 4.43. The molecule has 37 heavy (non-hydrogen) atoms. The van der Waals surface area contributed by atoms with Gasteiger partial charge >= 0.3 is 0 Å². The monoisotopic (exact) mass is 536 g/mol. The molecule has 0 saturated carbocycles. The van der Waals surface area contributed by atoms with Crippen molar-refractivity contribution in [2.75, 3.05) is 18.5 Å². The molecule has 200 valence electrons. The number of amides is 1. The molecule has 1 aliphatic carbocycles. The molecule has 2 fully saturated rings. The number of hydrogen-bond acceptors (Lipinski definition) is 5. The second-order valence-electron chi connectivity index (χ2n) is 10.9. The van der Waals surface area contributed by atoms with Crippen molar-refractivity contribution in [1.29, 1.82) is 0 Å². The quantitative estimate of drug-likeness (QED) is 0.451. The Balaban J connectivity index is 1.31. The zero-order valence-corrected chi connectivity index (χ0v) is 21.8. The van der Waals surface area contributed by atoms with Crippen LogP contribution in [0.25, 0.3) is 0 Å². The van der Waals surface area contributed by atoms with E-state index >= 15 is 0 Å². The molecule has 1 aromatic carbocycles. The van der Waals surface area contributed by atoms with Crippen LogP contribution in [0, 0.1) is 11.7 Å². The van der Waals surface area contributed by atoms with Gasteiger partial charge in [-0.1, -0.05) is 18.2 Å². The number of alkyl halides is 2. The topological polar surface area (TPSA) is 67.4 Å². The molecule has 6 nitrogen and oxygen atoms in total. The van der Waals surface area contributed by atoms with E-state index in [1.807, 2.05) is 4.90 Å². The van der Waals surface area contributed by atoms with Gasteiger partial charge < -0.3 is 15.0 Å². The van der Waals surface area contributed by atoms with Gasteiger partial charge in [0.15, 0.2) is 0 Å². The normalized spacial score (nSPS) is 23.3. The van der Waals surface area contributed by atoms with Crippen LogP contribution in [0.1, 0.15) is 74.8 Å². The number of aromatic nitrogens is 2. The number of rotatable bonds is 7. The number of anilines is 1. The van der Waals surface area contributed by atoms with Crippen molar-refractivity contribution in [2.24, 2.45) is 5.92 Å². The minimum atomic E-state index is -2.91. The second-order valence-corrected chi connectivity index (χ2v) is 11.2. The number of aryl methyl sites for hydroxylation is 1.